The molecule has 2 fully saturated rings. The van der Waals surface area contributed by atoms with Gasteiger partial charge >= 0.3 is 0 Å². The molecule has 0 aromatic heterocycles. The Morgan fingerprint density at radius 3 is 2.22 bits per heavy atom. The highest BCUT2D eigenvalue weighted by atomic mass is 32.2. The number of nitro benzene ring substituents is 1. The van der Waals surface area contributed by atoms with E-state index >= 15 is 0 Å². The average molecular weight is 458 g/mol. The smallest absolute Gasteiger partial charge is 0.270 e. The molecule has 4 rings (SSSR count). The van der Waals surface area contributed by atoms with Gasteiger partial charge in [-0.15, -0.1) is 0 Å². The molecule has 1 saturated heterocycles. The molecule has 170 valence electrons. The summed E-state index contributed by atoms with van der Waals surface area (Å²) >= 11 is 0. The molecule has 32 heavy (non-hydrogen) atoms. The van der Waals surface area contributed by atoms with Crippen molar-refractivity contribution in [1.29, 1.82) is 0 Å². The molecular weight excluding hydrogens is 430 g/mol. The minimum absolute atomic E-state index is 0.145. The third kappa shape index (κ3) is 4.68. The number of benzene rings is 2. The van der Waals surface area contributed by atoms with Crippen molar-refractivity contribution in [3.63, 3.8) is 0 Å². The van der Waals surface area contributed by atoms with Gasteiger partial charge in [0.1, 0.15) is 0 Å². The summed E-state index contributed by atoms with van der Waals surface area (Å²) in [6.45, 7) is 0.850. The molecule has 2 aromatic carbocycles. The highest BCUT2D eigenvalue weighted by Crippen LogP contribution is 2.33. The van der Waals surface area contributed by atoms with E-state index in [0.717, 1.165) is 12.8 Å². The topological polar surface area (TPSA) is 101 Å². The summed E-state index contributed by atoms with van der Waals surface area (Å²) < 4.78 is 27.6. The number of hydrogen-bond acceptors (Lipinski definition) is 5. The van der Waals surface area contributed by atoms with Crippen LogP contribution in [0.4, 0.5) is 5.69 Å². The van der Waals surface area contributed by atoms with E-state index in [1.165, 1.54) is 58.3 Å². The number of hydrogen-bond donors (Lipinski definition) is 0. The highest BCUT2D eigenvalue weighted by Gasteiger charge is 2.31. The van der Waals surface area contributed by atoms with Crippen molar-refractivity contribution in [3.8, 4) is 0 Å². The number of nitrogens with zero attached hydrogens (tertiary/aromatic N) is 3. The summed E-state index contributed by atoms with van der Waals surface area (Å²) in [5.41, 5.74) is 1.29. The van der Waals surface area contributed by atoms with Gasteiger partial charge in [-0.25, -0.2) is 8.42 Å². The second kappa shape index (κ2) is 9.38. The Morgan fingerprint density at radius 1 is 0.938 bits per heavy atom. The lowest BCUT2D eigenvalue weighted by atomic mass is 9.84. The maximum absolute atomic E-state index is 13.1. The van der Waals surface area contributed by atoms with Crippen LogP contribution in [0.1, 0.15) is 53.9 Å². The Bertz CT molecular complexity index is 1090. The zero-order valence-corrected chi connectivity index (χ0v) is 18.7. The van der Waals surface area contributed by atoms with Crippen LogP contribution in [0.2, 0.25) is 0 Å². The Kier molecular flexibility index (Phi) is 6.57. The number of carbonyl (C=O) groups excluding carboxylic acids is 1. The Labute approximate surface area is 188 Å². The van der Waals surface area contributed by atoms with Crippen LogP contribution in [0, 0.1) is 10.1 Å². The maximum Gasteiger partial charge on any atom is 0.270 e. The van der Waals surface area contributed by atoms with E-state index in [1.807, 2.05) is 12.1 Å². The first-order valence-corrected chi connectivity index (χ1v) is 12.4. The van der Waals surface area contributed by atoms with Gasteiger partial charge in [0.05, 0.1) is 9.82 Å². The second-order valence-corrected chi connectivity index (χ2v) is 10.3. The van der Waals surface area contributed by atoms with Crippen molar-refractivity contribution < 1.29 is 18.1 Å². The molecule has 0 bridgehead atoms. The molecule has 0 spiro atoms. The van der Waals surface area contributed by atoms with Crippen molar-refractivity contribution in [3.05, 3.63) is 69.8 Å². The molecule has 9 heteroatoms. The van der Waals surface area contributed by atoms with E-state index in [1.54, 1.807) is 12.1 Å². The van der Waals surface area contributed by atoms with Crippen LogP contribution in [0.3, 0.4) is 0 Å². The average Bonchev–Trinajstić information content (AvgIpc) is 2.84. The number of piperazine rings is 1. The fraction of sp³-hybridized carbons (Fsp3) is 0.435. The van der Waals surface area contributed by atoms with Crippen LogP contribution in [0.25, 0.3) is 0 Å². The Morgan fingerprint density at radius 2 is 1.59 bits per heavy atom. The lowest BCUT2D eigenvalue weighted by Gasteiger charge is -2.34. The molecule has 0 radical (unpaired) electrons. The summed E-state index contributed by atoms with van der Waals surface area (Å²) in [5.74, 6) is 0.187. The molecule has 2 aromatic rings. The van der Waals surface area contributed by atoms with Crippen molar-refractivity contribution in [2.24, 2.45) is 0 Å². The van der Waals surface area contributed by atoms with E-state index < -0.39 is 14.9 Å². The minimum Gasteiger partial charge on any atom is -0.336 e. The molecule has 8 nitrogen and oxygen atoms in total. The largest absolute Gasteiger partial charge is 0.336 e. The summed E-state index contributed by atoms with van der Waals surface area (Å²) in [6.07, 6.45) is 6.05. The van der Waals surface area contributed by atoms with Crippen LogP contribution in [-0.4, -0.2) is 54.6 Å². The molecule has 0 atom stereocenters. The molecule has 0 unspecified atom stereocenters. The molecule has 2 aliphatic rings. The first-order valence-electron chi connectivity index (χ1n) is 11.0. The van der Waals surface area contributed by atoms with Crippen molar-refractivity contribution in [2.75, 3.05) is 26.2 Å². The van der Waals surface area contributed by atoms with Crippen LogP contribution in [0.5, 0.6) is 0 Å². The molecule has 1 heterocycles. The van der Waals surface area contributed by atoms with Gasteiger partial charge < -0.3 is 4.90 Å². The molecule has 1 saturated carbocycles. The normalized spacial score (nSPS) is 18.4. The van der Waals surface area contributed by atoms with Gasteiger partial charge in [0.25, 0.3) is 11.6 Å². The second-order valence-electron chi connectivity index (χ2n) is 8.41. The number of carbonyl (C=O) groups is 1. The number of sulfonamides is 1. The molecule has 0 N–H and O–H groups in total. The van der Waals surface area contributed by atoms with Gasteiger partial charge in [0, 0.05) is 43.9 Å². The maximum atomic E-state index is 13.1. The van der Waals surface area contributed by atoms with Crippen LogP contribution < -0.4 is 0 Å². The SMILES string of the molecule is O=C(c1cccc([N+](=O)[O-])c1)N1CCN(S(=O)(=O)c2ccc(C3CCCCC3)cc2)CC1. The highest BCUT2D eigenvalue weighted by molar-refractivity contribution is 7.89. The number of amides is 1. The monoisotopic (exact) mass is 457 g/mol. The standard InChI is InChI=1S/C23H27N3O5S/c27-23(20-7-4-8-21(17-20)26(28)29)24-13-15-25(16-14-24)32(30,31)22-11-9-19(10-12-22)18-5-2-1-3-6-18/h4,7-12,17-18H,1-3,5-6,13-16H2. The van der Waals surface area contributed by atoms with E-state index in [0.29, 0.717) is 5.92 Å². The van der Waals surface area contributed by atoms with Crippen molar-refractivity contribution in [2.45, 2.75) is 42.9 Å². The van der Waals surface area contributed by atoms with Gasteiger partial charge in [0.15, 0.2) is 0 Å². The first-order chi connectivity index (χ1) is 15.4. The van der Waals surface area contributed by atoms with Crippen LogP contribution in [0.15, 0.2) is 53.4 Å². The summed E-state index contributed by atoms with van der Waals surface area (Å²) in [4.78, 5) is 25.0. The number of nitro groups is 1. The van der Waals surface area contributed by atoms with Gasteiger partial charge in [-0.05, 0) is 42.5 Å². The summed E-state index contributed by atoms with van der Waals surface area (Å²) in [6, 6.07) is 12.9. The molecule has 1 aliphatic carbocycles. The third-order valence-electron chi connectivity index (χ3n) is 6.42. The Hall–Kier alpha value is -2.78. The van der Waals surface area contributed by atoms with Gasteiger partial charge in [-0.3, -0.25) is 14.9 Å². The van der Waals surface area contributed by atoms with Gasteiger partial charge in [-0.1, -0.05) is 37.5 Å². The van der Waals surface area contributed by atoms with E-state index in [4.69, 9.17) is 0 Å². The molecule has 1 aliphatic heterocycles. The van der Waals surface area contributed by atoms with Crippen molar-refractivity contribution in [1.82, 2.24) is 9.21 Å². The zero-order chi connectivity index (χ0) is 22.7. The molecule has 1 amide bonds. The third-order valence-corrected chi connectivity index (χ3v) is 8.34. The number of rotatable bonds is 5. The minimum atomic E-state index is -3.64. The van der Waals surface area contributed by atoms with Crippen molar-refractivity contribution >= 4 is 21.6 Å². The van der Waals surface area contributed by atoms with Crippen LogP contribution in [-0.2, 0) is 10.0 Å². The van der Waals surface area contributed by atoms with E-state index in [9.17, 15) is 23.3 Å². The number of non-ortho nitro benzene ring substituents is 1. The summed E-state index contributed by atoms with van der Waals surface area (Å²) in [7, 11) is -3.64. The van der Waals surface area contributed by atoms with Crippen LogP contribution >= 0.6 is 0 Å². The zero-order valence-electron chi connectivity index (χ0n) is 17.9. The Balaban J connectivity index is 1.40. The fourth-order valence-corrected chi connectivity index (χ4v) is 5.99. The van der Waals surface area contributed by atoms with Gasteiger partial charge in [0.2, 0.25) is 10.0 Å². The van der Waals surface area contributed by atoms with E-state index in [-0.39, 0.29) is 48.2 Å². The predicted molar refractivity (Wildman–Crippen MR) is 120 cm³/mol. The molecular formula is C23H27N3O5S. The lowest BCUT2D eigenvalue weighted by Crippen LogP contribution is -2.50. The quantitative estimate of drug-likeness (QED) is 0.502. The fourth-order valence-electron chi connectivity index (χ4n) is 4.56. The summed E-state index contributed by atoms with van der Waals surface area (Å²) in [5, 5.41) is 11.0. The first kappa shape index (κ1) is 22.4. The lowest BCUT2D eigenvalue weighted by molar-refractivity contribution is -0.384. The van der Waals surface area contributed by atoms with E-state index in [2.05, 4.69) is 0 Å². The van der Waals surface area contributed by atoms with Gasteiger partial charge in [-0.2, -0.15) is 4.31 Å². The predicted octanol–water partition coefficient (Wildman–Crippen LogP) is 3.79.